The van der Waals surface area contributed by atoms with Crippen molar-refractivity contribution in [3.63, 3.8) is 0 Å². The van der Waals surface area contributed by atoms with Gasteiger partial charge in [-0.15, -0.1) is 0 Å². The number of fused-ring (bicyclic) bond motifs is 1. The van der Waals surface area contributed by atoms with Gasteiger partial charge in [0.25, 0.3) is 0 Å². The Morgan fingerprint density at radius 2 is 1.88 bits per heavy atom. The lowest BCUT2D eigenvalue weighted by atomic mass is 10.3. The molecule has 0 atom stereocenters. The highest BCUT2D eigenvalue weighted by atomic mass is 15.3. The molecular formula is C13H8N4. The lowest BCUT2D eigenvalue weighted by Gasteiger charge is -2.00. The van der Waals surface area contributed by atoms with Crippen LogP contribution in [0.3, 0.4) is 0 Å². The first kappa shape index (κ1) is 9.55. The summed E-state index contributed by atoms with van der Waals surface area (Å²) in [7, 11) is 0. The van der Waals surface area contributed by atoms with Gasteiger partial charge in [0.15, 0.2) is 11.3 Å². The zero-order valence-corrected chi connectivity index (χ0v) is 8.91. The molecule has 0 fully saturated rings. The second-order valence-electron chi connectivity index (χ2n) is 3.58. The first-order valence-electron chi connectivity index (χ1n) is 5.19. The Morgan fingerprint density at radius 1 is 1.06 bits per heavy atom. The predicted octanol–water partition coefficient (Wildman–Crippen LogP) is 2.29. The minimum absolute atomic E-state index is 0.400. The molecule has 0 aliphatic heterocycles. The van der Waals surface area contributed by atoms with E-state index in [1.165, 1.54) is 0 Å². The van der Waals surface area contributed by atoms with Crippen LogP contribution in [-0.2, 0) is 0 Å². The van der Waals surface area contributed by atoms with Gasteiger partial charge in [-0.2, -0.15) is 10.4 Å². The molecule has 0 saturated carbocycles. The van der Waals surface area contributed by atoms with Crippen molar-refractivity contribution in [2.24, 2.45) is 0 Å². The monoisotopic (exact) mass is 220 g/mol. The Bertz CT molecular complexity index is 707. The van der Waals surface area contributed by atoms with E-state index in [4.69, 9.17) is 5.26 Å². The first-order valence-corrected chi connectivity index (χ1v) is 5.19. The third-order valence-corrected chi connectivity index (χ3v) is 2.55. The van der Waals surface area contributed by atoms with Crippen LogP contribution in [0.1, 0.15) is 5.69 Å². The number of para-hydroxylation sites is 1. The van der Waals surface area contributed by atoms with Crippen molar-refractivity contribution in [3.05, 3.63) is 54.4 Å². The summed E-state index contributed by atoms with van der Waals surface area (Å²) in [4.78, 5) is 4.28. The highest BCUT2D eigenvalue weighted by Gasteiger charge is 2.11. The van der Waals surface area contributed by atoms with Gasteiger partial charge < -0.3 is 0 Å². The number of rotatable bonds is 1. The van der Waals surface area contributed by atoms with Gasteiger partial charge in [0.1, 0.15) is 6.07 Å². The molecule has 4 heteroatoms. The summed E-state index contributed by atoms with van der Waals surface area (Å²) >= 11 is 0. The van der Waals surface area contributed by atoms with E-state index >= 15 is 0 Å². The van der Waals surface area contributed by atoms with Crippen LogP contribution in [0.4, 0.5) is 0 Å². The maximum Gasteiger partial charge on any atom is 0.172 e. The van der Waals surface area contributed by atoms with Gasteiger partial charge in [0.2, 0.25) is 0 Å². The Kier molecular flexibility index (Phi) is 2.09. The summed E-state index contributed by atoms with van der Waals surface area (Å²) in [5.74, 6) is 0. The Morgan fingerprint density at radius 3 is 2.65 bits per heavy atom. The molecule has 0 bridgehead atoms. The van der Waals surface area contributed by atoms with Gasteiger partial charge in [0.05, 0.1) is 11.1 Å². The van der Waals surface area contributed by atoms with E-state index in [0.717, 1.165) is 11.1 Å². The number of benzene rings is 1. The smallest absolute Gasteiger partial charge is 0.172 e. The van der Waals surface area contributed by atoms with Gasteiger partial charge in [0, 0.05) is 6.20 Å². The molecule has 0 saturated heterocycles. The zero-order valence-electron chi connectivity index (χ0n) is 8.91. The van der Waals surface area contributed by atoms with Crippen LogP contribution in [0.5, 0.6) is 0 Å². The van der Waals surface area contributed by atoms with E-state index in [9.17, 15) is 0 Å². The Balaban J connectivity index is 2.35. The molecule has 0 N–H and O–H groups in total. The molecule has 2 heterocycles. The molecular weight excluding hydrogens is 212 g/mol. The van der Waals surface area contributed by atoms with Crippen molar-refractivity contribution in [1.29, 1.82) is 5.26 Å². The van der Waals surface area contributed by atoms with Crippen LogP contribution in [0, 0.1) is 11.3 Å². The van der Waals surface area contributed by atoms with E-state index < -0.39 is 0 Å². The number of pyridine rings is 1. The van der Waals surface area contributed by atoms with E-state index in [2.05, 4.69) is 16.2 Å². The number of aromatic nitrogens is 3. The minimum Gasteiger partial charge on any atom is -0.236 e. The number of nitriles is 1. The summed E-state index contributed by atoms with van der Waals surface area (Å²) in [6.45, 7) is 0. The number of hydrogen-bond donors (Lipinski definition) is 0. The van der Waals surface area contributed by atoms with Crippen LogP contribution in [-0.4, -0.2) is 14.8 Å². The summed E-state index contributed by atoms with van der Waals surface area (Å²) in [5, 5.41) is 14.1. The molecule has 4 nitrogen and oxygen atoms in total. The Hall–Kier alpha value is -2.67. The van der Waals surface area contributed by atoms with Crippen LogP contribution in [0.2, 0.25) is 0 Å². The fraction of sp³-hybridized carbons (Fsp3) is 0. The van der Waals surface area contributed by atoms with Crippen molar-refractivity contribution in [2.75, 3.05) is 0 Å². The van der Waals surface area contributed by atoms with Gasteiger partial charge >= 0.3 is 0 Å². The van der Waals surface area contributed by atoms with Crippen molar-refractivity contribution in [1.82, 2.24) is 14.8 Å². The molecule has 0 radical (unpaired) electrons. The predicted molar refractivity (Wildman–Crippen MR) is 63.6 cm³/mol. The fourth-order valence-electron chi connectivity index (χ4n) is 1.78. The molecule has 0 aliphatic carbocycles. The van der Waals surface area contributed by atoms with Crippen molar-refractivity contribution in [3.8, 4) is 11.8 Å². The molecule has 0 spiro atoms. The fourth-order valence-corrected chi connectivity index (χ4v) is 1.78. The van der Waals surface area contributed by atoms with Crippen molar-refractivity contribution < 1.29 is 0 Å². The standard InChI is InChI=1S/C13H8N4/c14-9-12-11-7-4-8-15-13(11)17(16-12)10-5-2-1-3-6-10/h1-8H. The first-order chi connectivity index (χ1) is 8.40. The van der Waals surface area contributed by atoms with Crippen LogP contribution >= 0.6 is 0 Å². The van der Waals surface area contributed by atoms with E-state index in [0.29, 0.717) is 11.3 Å². The highest BCUT2D eigenvalue weighted by molar-refractivity contribution is 5.82. The van der Waals surface area contributed by atoms with Gasteiger partial charge in [-0.25, -0.2) is 9.67 Å². The lowest BCUT2D eigenvalue weighted by Crippen LogP contribution is -1.97. The Labute approximate surface area is 97.8 Å². The molecule has 0 unspecified atom stereocenters. The van der Waals surface area contributed by atoms with Crippen LogP contribution in [0.25, 0.3) is 16.7 Å². The van der Waals surface area contributed by atoms with Crippen molar-refractivity contribution >= 4 is 11.0 Å². The lowest BCUT2D eigenvalue weighted by molar-refractivity contribution is 0.889. The van der Waals surface area contributed by atoms with E-state index in [-0.39, 0.29) is 0 Å². The summed E-state index contributed by atoms with van der Waals surface area (Å²) in [6.07, 6.45) is 1.70. The number of nitrogens with zero attached hydrogens (tertiary/aromatic N) is 4. The molecule has 3 aromatic rings. The summed E-state index contributed by atoms with van der Waals surface area (Å²) < 4.78 is 1.69. The average molecular weight is 220 g/mol. The molecule has 0 amide bonds. The largest absolute Gasteiger partial charge is 0.236 e. The second-order valence-corrected chi connectivity index (χ2v) is 3.58. The molecule has 0 aliphatic rings. The van der Waals surface area contributed by atoms with Crippen LogP contribution < -0.4 is 0 Å². The topological polar surface area (TPSA) is 54.5 Å². The van der Waals surface area contributed by atoms with Gasteiger partial charge in [-0.05, 0) is 24.3 Å². The average Bonchev–Trinajstić information content (AvgIpc) is 2.78. The zero-order chi connectivity index (χ0) is 11.7. The maximum absolute atomic E-state index is 9.04. The minimum atomic E-state index is 0.400. The maximum atomic E-state index is 9.04. The molecule has 1 aromatic carbocycles. The second kappa shape index (κ2) is 3.72. The molecule has 17 heavy (non-hydrogen) atoms. The van der Waals surface area contributed by atoms with Gasteiger partial charge in [-0.3, -0.25) is 0 Å². The highest BCUT2D eigenvalue weighted by Crippen LogP contribution is 2.19. The molecule has 2 aromatic heterocycles. The van der Waals surface area contributed by atoms with Crippen molar-refractivity contribution in [2.45, 2.75) is 0 Å². The molecule has 80 valence electrons. The quantitative estimate of drug-likeness (QED) is 0.632. The third-order valence-electron chi connectivity index (χ3n) is 2.55. The number of hydrogen-bond acceptors (Lipinski definition) is 3. The van der Waals surface area contributed by atoms with Gasteiger partial charge in [-0.1, -0.05) is 18.2 Å². The van der Waals surface area contributed by atoms with Crippen LogP contribution in [0.15, 0.2) is 48.7 Å². The normalized spacial score (nSPS) is 10.3. The summed E-state index contributed by atoms with van der Waals surface area (Å²) in [6, 6.07) is 15.4. The van der Waals surface area contributed by atoms with E-state index in [1.807, 2.05) is 36.4 Å². The summed E-state index contributed by atoms with van der Waals surface area (Å²) in [5.41, 5.74) is 2.00. The molecule has 3 rings (SSSR count). The van der Waals surface area contributed by atoms with E-state index in [1.54, 1.807) is 16.9 Å². The third kappa shape index (κ3) is 1.45. The SMILES string of the molecule is N#Cc1nn(-c2ccccc2)c2ncccc12.